The Morgan fingerprint density at radius 1 is 1.19 bits per heavy atom. The minimum absolute atomic E-state index is 0.00650. The van der Waals surface area contributed by atoms with Crippen LogP contribution in [0.25, 0.3) is 0 Å². The Hall–Kier alpha value is -1.73. The molecule has 7 heteroatoms. The van der Waals surface area contributed by atoms with Gasteiger partial charge in [-0.05, 0) is 12.1 Å². The summed E-state index contributed by atoms with van der Waals surface area (Å²) in [6, 6.07) is 3.35. The van der Waals surface area contributed by atoms with E-state index in [1.54, 1.807) is 4.90 Å². The second-order valence-electron chi connectivity index (χ2n) is 5.39. The molecule has 0 radical (unpaired) electrons. The number of amides is 2. The number of benzene rings is 1. The van der Waals surface area contributed by atoms with Crippen LogP contribution in [0.3, 0.4) is 0 Å². The fraction of sp³-hybridized carbons (Fsp3) is 0.500. The van der Waals surface area contributed by atoms with E-state index in [1.165, 1.54) is 6.07 Å². The molecule has 0 saturated carbocycles. The van der Waals surface area contributed by atoms with Crippen LogP contribution in [0.4, 0.5) is 19.3 Å². The summed E-state index contributed by atoms with van der Waals surface area (Å²) < 4.78 is 26.3. The first-order valence-corrected chi connectivity index (χ1v) is 7.09. The number of carbonyl (C=O) groups is 1. The summed E-state index contributed by atoms with van der Waals surface area (Å²) in [5.41, 5.74) is 0.00650. The zero-order chi connectivity index (χ0) is 14.8. The molecule has 5 nitrogen and oxygen atoms in total. The minimum Gasteiger partial charge on any atom is -0.322 e. The number of urea groups is 1. The highest BCUT2D eigenvalue weighted by atomic mass is 19.1. The molecule has 0 aromatic heterocycles. The fourth-order valence-corrected chi connectivity index (χ4v) is 2.61. The number of carbonyl (C=O) groups excluding carboxylic acids is 1. The molecule has 2 amide bonds. The van der Waals surface area contributed by atoms with Crippen molar-refractivity contribution in [3.63, 3.8) is 0 Å². The molecule has 0 unspecified atom stereocenters. The lowest BCUT2D eigenvalue weighted by Crippen LogP contribution is -2.62. The number of piperazine rings is 1. The topological polar surface area (TPSA) is 47.6 Å². The Balaban J connectivity index is 1.54. The lowest BCUT2D eigenvalue weighted by molar-refractivity contribution is 0.0878. The Kier molecular flexibility index (Phi) is 4.03. The number of anilines is 1. The normalized spacial score (nSPS) is 20.2. The Labute approximate surface area is 121 Å². The van der Waals surface area contributed by atoms with Gasteiger partial charge in [0.05, 0.1) is 5.69 Å². The maximum atomic E-state index is 13.5. The molecule has 2 saturated heterocycles. The average Bonchev–Trinajstić information content (AvgIpc) is 2.41. The number of halogens is 2. The van der Waals surface area contributed by atoms with Gasteiger partial charge in [-0.1, -0.05) is 0 Å². The Bertz CT molecular complexity index is 528. The van der Waals surface area contributed by atoms with Gasteiger partial charge in [0.15, 0.2) is 0 Å². The molecule has 2 aliphatic rings. The number of hydrogen-bond acceptors (Lipinski definition) is 3. The summed E-state index contributed by atoms with van der Waals surface area (Å²) >= 11 is 0. The minimum atomic E-state index is -0.762. The molecule has 0 atom stereocenters. The molecule has 2 heterocycles. The highest BCUT2D eigenvalue weighted by molar-refractivity contribution is 5.89. The molecule has 3 rings (SSSR count). The summed E-state index contributed by atoms with van der Waals surface area (Å²) in [4.78, 5) is 16.1. The third kappa shape index (κ3) is 3.14. The van der Waals surface area contributed by atoms with E-state index in [1.807, 2.05) is 0 Å². The van der Waals surface area contributed by atoms with Crippen LogP contribution in [0.5, 0.6) is 0 Å². The van der Waals surface area contributed by atoms with Gasteiger partial charge < -0.3 is 15.5 Å². The lowest BCUT2D eigenvalue weighted by Gasteiger charge is -2.43. The van der Waals surface area contributed by atoms with Crippen LogP contribution in [-0.4, -0.2) is 61.1 Å². The van der Waals surface area contributed by atoms with Crippen LogP contribution in [0.2, 0.25) is 0 Å². The molecular formula is C14H18F2N4O. The van der Waals surface area contributed by atoms with Crippen LogP contribution >= 0.6 is 0 Å². The SMILES string of the molecule is O=C(Nc1ccc(F)cc1F)N1CCN(C2CNC2)CC1. The van der Waals surface area contributed by atoms with Crippen LogP contribution < -0.4 is 10.6 Å². The van der Waals surface area contributed by atoms with Gasteiger partial charge in [0.2, 0.25) is 0 Å². The number of nitrogens with zero attached hydrogens (tertiary/aromatic N) is 2. The van der Waals surface area contributed by atoms with E-state index in [9.17, 15) is 13.6 Å². The molecule has 21 heavy (non-hydrogen) atoms. The van der Waals surface area contributed by atoms with E-state index in [-0.39, 0.29) is 11.7 Å². The van der Waals surface area contributed by atoms with Crippen LogP contribution in [0, 0.1) is 11.6 Å². The summed E-state index contributed by atoms with van der Waals surface area (Å²) in [7, 11) is 0. The molecular weight excluding hydrogens is 278 g/mol. The van der Waals surface area contributed by atoms with Crippen LogP contribution in [-0.2, 0) is 0 Å². The van der Waals surface area contributed by atoms with E-state index in [4.69, 9.17) is 0 Å². The molecule has 0 spiro atoms. The smallest absolute Gasteiger partial charge is 0.322 e. The van der Waals surface area contributed by atoms with Crippen LogP contribution in [0.15, 0.2) is 18.2 Å². The molecule has 1 aromatic carbocycles. The quantitative estimate of drug-likeness (QED) is 0.859. The first-order valence-electron chi connectivity index (χ1n) is 7.09. The second kappa shape index (κ2) is 5.95. The van der Waals surface area contributed by atoms with Crippen molar-refractivity contribution in [2.24, 2.45) is 0 Å². The summed E-state index contributed by atoms with van der Waals surface area (Å²) in [5, 5.41) is 5.72. The van der Waals surface area contributed by atoms with Gasteiger partial charge in [-0.25, -0.2) is 13.6 Å². The van der Waals surface area contributed by atoms with Gasteiger partial charge >= 0.3 is 6.03 Å². The van der Waals surface area contributed by atoms with Gasteiger partial charge in [0.1, 0.15) is 11.6 Å². The maximum absolute atomic E-state index is 13.5. The predicted molar refractivity (Wildman–Crippen MR) is 75.2 cm³/mol. The van der Waals surface area contributed by atoms with Gasteiger partial charge in [0, 0.05) is 51.4 Å². The molecule has 0 bridgehead atoms. The standard InChI is InChI=1S/C14H18F2N4O/c15-10-1-2-13(12(16)7-10)18-14(21)20-5-3-19(4-6-20)11-8-17-9-11/h1-2,7,11,17H,3-6,8-9H2,(H,18,21). The third-order valence-electron chi connectivity index (χ3n) is 4.05. The van der Waals surface area contributed by atoms with Gasteiger partial charge in [0.25, 0.3) is 0 Å². The van der Waals surface area contributed by atoms with Crippen molar-refractivity contribution < 1.29 is 13.6 Å². The number of nitrogens with one attached hydrogen (secondary N) is 2. The second-order valence-corrected chi connectivity index (χ2v) is 5.39. The Morgan fingerprint density at radius 2 is 1.90 bits per heavy atom. The zero-order valence-electron chi connectivity index (χ0n) is 11.6. The maximum Gasteiger partial charge on any atom is 0.322 e. The van der Waals surface area contributed by atoms with E-state index in [0.29, 0.717) is 19.1 Å². The van der Waals surface area contributed by atoms with Crippen molar-refractivity contribution in [1.82, 2.24) is 15.1 Å². The molecule has 2 N–H and O–H groups in total. The summed E-state index contributed by atoms with van der Waals surface area (Å²) in [5.74, 6) is -1.42. The highest BCUT2D eigenvalue weighted by Gasteiger charge is 2.29. The third-order valence-corrected chi connectivity index (χ3v) is 4.05. The van der Waals surface area contributed by atoms with Crippen molar-refractivity contribution in [2.45, 2.75) is 6.04 Å². The van der Waals surface area contributed by atoms with Crippen molar-refractivity contribution >= 4 is 11.7 Å². The highest BCUT2D eigenvalue weighted by Crippen LogP contribution is 2.16. The first kappa shape index (κ1) is 14.2. The van der Waals surface area contributed by atoms with E-state index >= 15 is 0 Å². The monoisotopic (exact) mass is 296 g/mol. The zero-order valence-corrected chi connectivity index (χ0v) is 11.6. The molecule has 0 aliphatic carbocycles. The Morgan fingerprint density at radius 3 is 2.48 bits per heavy atom. The molecule has 2 fully saturated rings. The van der Waals surface area contributed by atoms with Crippen molar-refractivity contribution in [3.8, 4) is 0 Å². The number of hydrogen-bond donors (Lipinski definition) is 2. The average molecular weight is 296 g/mol. The number of rotatable bonds is 2. The largest absolute Gasteiger partial charge is 0.322 e. The lowest BCUT2D eigenvalue weighted by atomic mass is 10.1. The summed E-state index contributed by atoms with van der Waals surface area (Å²) in [6.07, 6.45) is 0. The van der Waals surface area contributed by atoms with E-state index in [0.717, 1.165) is 38.3 Å². The van der Waals surface area contributed by atoms with Crippen molar-refractivity contribution in [2.75, 3.05) is 44.6 Å². The van der Waals surface area contributed by atoms with E-state index in [2.05, 4.69) is 15.5 Å². The molecule has 2 aliphatic heterocycles. The van der Waals surface area contributed by atoms with Crippen molar-refractivity contribution in [3.05, 3.63) is 29.8 Å². The van der Waals surface area contributed by atoms with Crippen molar-refractivity contribution in [1.29, 1.82) is 0 Å². The van der Waals surface area contributed by atoms with Gasteiger partial charge in [-0.15, -0.1) is 0 Å². The molecule has 114 valence electrons. The first-order chi connectivity index (χ1) is 10.1. The van der Waals surface area contributed by atoms with Crippen LogP contribution in [0.1, 0.15) is 0 Å². The predicted octanol–water partition coefficient (Wildman–Crippen LogP) is 1.09. The van der Waals surface area contributed by atoms with Gasteiger partial charge in [-0.2, -0.15) is 0 Å². The fourth-order valence-electron chi connectivity index (χ4n) is 2.61. The molecule has 1 aromatic rings. The van der Waals surface area contributed by atoms with E-state index < -0.39 is 11.6 Å². The van der Waals surface area contributed by atoms with Gasteiger partial charge in [-0.3, -0.25) is 4.90 Å². The summed E-state index contributed by atoms with van der Waals surface area (Å²) in [6.45, 7) is 4.90.